The molecule has 0 aromatic heterocycles. The quantitative estimate of drug-likeness (QED) is 0.843. The number of fused-ring (bicyclic) bond motifs is 1. The second-order valence-corrected chi connectivity index (χ2v) is 6.63. The number of hydrogen-bond donors (Lipinski definition) is 1. The summed E-state index contributed by atoms with van der Waals surface area (Å²) in [6.07, 6.45) is 8.82. The zero-order valence-corrected chi connectivity index (χ0v) is 13.1. The van der Waals surface area contributed by atoms with E-state index in [1.807, 2.05) is 0 Å². The molecule has 0 radical (unpaired) electrons. The van der Waals surface area contributed by atoms with Crippen LogP contribution in [-0.4, -0.2) is 54.0 Å². The van der Waals surface area contributed by atoms with Crippen LogP contribution in [0.25, 0.3) is 0 Å². The molecule has 1 amide bonds. The van der Waals surface area contributed by atoms with Gasteiger partial charge in [-0.3, -0.25) is 9.69 Å². The predicted octanol–water partition coefficient (Wildman–Crippen LogP) is 1.62. The lowest BCUT2D eigenvalue weighted by Crippen LogP contribution is -2.52. The molecule has 20 heavy (non-hydrogen) atoms. The molecular weight excluding hydrogens is 274 g/mol. The van der Waals surface area contributed by atoms with Crippen molar-refractivity contribution in [1.29, 1.82) is 0 Å². The molecule has 0 spiro atoms. The number of nitrogens with zero attached hydrogens (tertiary/aromatic N) is 2. The Labute approximate surface area is 128 Å². The lowest BCUT2D eigenvalue weighted by atomic mass is 9.78. The fourth-order valence-corrected chi connectivity index (χ4v) is 4.22. The van der Waals surface area contributed by atoms with Crippen molar-refractivity contribution in [3.8, 4) is 0 Å². The third-order valence-electron chi connectivity index (χ3n) is 5.23. The largest absolute Gasteiger partial charge is 0.338 e. The number of nitrogens with two attached hydrogens (primary N) is 1. The Kier molecular flexibility index (Phi) is 5.70. The number of carbonyl (C=O) groups excluding carboxylic acids is 1. The summed E-state index contributed by atoms with van der Waals surface area (Å²) in [7, 11) is 0. The third-order valence-corrected chi connectivity index (χ3v) is 5.23. The molecule has 3 rings (SSSR count). The molecule has 1 saturated carbocycles. The number of piperidine rings is 1. The van der Waals surface area contributed by atoms with Crippen LogP contribution in [0.3, 0.4) is 0 Å². The van der Waals surface area contributed by atoms with E-state index in [0.717, 1.165) is 32.0 Å². The zero-order valence-electron chi connectivity index (χ0n) is 12.3. The van der Waals surface area contributed by atoms with Gasteiger partial charge in [0.1, 0.15) is 0 Å². The summed E-state index contributed by atoms with van der Waals surface area (Å²) in [5, 5.41) is 0. The molecule has 0 aromatic rings. The van der Waals surface area contributed by atoms with Crippen LogP contribution in [-0.2, 0) is 4.79 Å². The molecule has 3 aliphatic rings. The van der Waals surface area contributed by atoms with Gasteiger partial charge in [-0.25, -0.2) is 0 Å². The molecular formula is C15H28ClN3O. The highest BCUT2D eigenvalue weighted by atomic mass is 35.5. The van der Waals surface area contributed by atoms with Gasteiger partial charge in [0.25, 0.3) is 0 Å². The first-order chi connectivity index (χ1) is 9.24. The Bertz CT molecular complexity index is 337. The Balaban J connectivity index is 0.00000147. The van der Waals surface area contributed by atoms with E-state index >= 15 is 0 Å². The van der Waals surface area contributed by atoms with Gasteiger partial charge < -0.3 is 10.6 Å². The van der Waals surface area contributed by atoms with Gasteiger partial charge in [-0.05, 0) is 38.0 Å². The van der Waals surface area contributed by atoms with E-state index in [4.69, 9.17) is 5.73 Å². The summed E-state index contributed by atoms with van der Waals surface area (Å²) in [6, 6.07) is 0.822. The minimum atomic E-state index is 0. The molecule has 5 heteroatoms. The van der Waals surface area contributed by atoms with Crippen LogP contribution in [0.2, 0.25) is 0 Å². The second kappa shape index (κ2) is 7.10. The van der Waals surface area contributed by atoms with Crippen molar-refractivity contribution in [2.24, 2.45) is 11.7 Å². The topological polar surface area (TPSA) is 49.6 Å². The minimum Gasteiger partial charge on any atom is -0.338 e. The Morgan fingerprint density at radius 1 is 1.05 bits per heavy atom. The molecule has 0 aromatic carbocycles. The second-order valence-electron chi connectivity index (χ2n) is 6.63. The van der Waals surface area contributed by atoms with Crippen LogP contribution in [0.4, 0.5) is 0 Å². The first-order valence-corrected chi connectivity index (χ1v) is 8.01. The van der Waals surface area contributed by atoms with Crippen LogP contribution in [0.15, 0.2) is 0 Å². The van der Waals surface area contributed by atoms with E-state index in [-0.39, 0.29) is 18.4 Å². The fraction of sp³-hybridized carbons (Fsp3) is 0.933. The van der Waals surface area contributed by atoms with E-state index in [0.29, 0.717) is 18.5 Å². The Hall–Kier alpha value is -0.320. The monoisotopic (exact) mass is 301 g/mol. The van der Waals surface area contributed by atoms with Gasteiger partial charge >= 0.3 is 0 Å². The van der Waals surface area contributed by atoms with Crippen LogP contribution in [0.5, 0.6) is 0 Å². The van der Waals surface area contributed by atoms with Crippen molar-refractivity contribution in [2.75, 3.05) is 26.2 Å². The van der Waals surface area contributed by atoms with Crippen LogP contribution in [0.1, 0.15) is 44.9 Å². The number of halogens is 1. The normalized spacial score (nSPS) is 34.5. The summed E-state index contributed by atoms with van der Waals surface area (Å²) in [5.74, 6) is 1.14. The van der Waals surface area contributed by atoms with Gasteiger partial charge in [-0.15, -0.1) is 12.4 Å². The van der Waals surface area contributed by atoms with Gasteiger partial charge in [-0.1, -0.05) is 12.8 Å². The summed E-state index contributed by atoms with van der Waals surface area (Å²) in [4.78, 5) is 17.0. The van der Waals surface area contributed by atoms with E-state index in [1.54, 1.807) is 0 Å². The average Bonchev–Trinajstić information content (AvgIpc) is 2.83. The summed E-state index contributed by atoms with van der Waals surface area (Å²) < 4.78 is 0. The molecule has 0 bridgehead atoms. The first kappa shape index (κ1) is 16.1. The van der Waals surface area contributed by atoms with Crippen LogP contribution in [0, 0.1) is 5.92 Å². The zero-order chi connectivity index (χ0) is 13.2. The summed E-state index contributed by atoms with van der Waals surface area (Å²) in [6.45, 7) is 3.47. The van der Waals surface area contributed by atoms with E-state index in [2.05, 4.69) is 9.80 Å². The highest BCUT2D eigenvalue weighted by Gasteiger charge is 2.36. The van der Waals surface area contributed by atoms with Gasteiger partial charge in [-0.2, -0.15) is 0 Å². The molecule has 3 fully saturated rings. The molecule has 2 N–H and O–H groups in total. The lowest BCUT2D eigenvalue weighted by Gasteiger charge is -2.44. The summed E-state index contributed by atoms with van der Waals surface area (Å²) >= 11 is 0. The maximum Gasteiger partial charge on any atom is 0.237 e. The number of hydrogen-bond acceptors (Lipinski definition) is 3. The predicted molar refractivity (Wildman–Crippen MR) is 83.0 cm³/mol. The van der Waals surface area contributed by atoms with Gasteiger partial charge in [0.2, 0.25) is 5.91 Å². The molecule has 3 atom stereocenters. The molecule has 2 aliphatic heterocycles. The van der Waals surface area contributed by atoms with Crippen LogP contribution >= 0.6 is 12.4 Å². The number of carbonyl (C=O) groups is 1. The molecule has 2 unspecified atom stereocenters. The van der Waals surface area contributed by atoms with E-state index < -0.39 is 0 Å². The fourth-order valence-electron chi connectivity index (χ4n) is 4.22. The van der Waals surface area contributed by atoms with Gasteiger partial charge in [0.15, 0.2) is 0 Å². The average molecular weight is 302 g/mol. The highest BCUT2D eigenvalue weighted by Crippen LogP contribution is 2.35. The molecule has 1 aliphatic carbocycles. The van der Waals surface area contributed by atoms with Crippen molar-refractivity contribution >= 4 is 18.3 Å². The summed E-state index contributed by atoms with van der Waals surface area (Å²) in [5.41, 5.74) is 5.92. The molecule has 2 saturated heterocycles. The minimum absolute atomic E-state index is 0. The number of amides is 1. The van der Waals surface area contributed by atoms with Crippen LogP contribution < -0.4 is 5.73 Å². The third kappa shape index (κ3) is 3.46. The standard InChI is InChI=1S/C15H27N3O.ClH/c16-13-7-9-17(10-13)11-15(19)18-8-3-5-12-4-1-2-6-14(12)18;/h12-14H,1-11,16H2;1H/t12?,13-,14?;/m0./s1. The lowest BCUT2D eigenvalue weighted by molar-refractivity contribution is -0.138. The smallest absolute Gasteiger partial charge is 0.237 e. The maximum atomic E-state index is 12.6. The van der Waals surface area contributed by atoms with Crippen molar-refractivity contribution < 1.29 is 4.79 Å². The van der Waals surface area contributed by atoms with Crippen molar-refractivity contribution in [3.05, 3.63) is 0 Å². The first-order valence-electron chi connectivity index (χ1n) is 8.01. The highest BCUT2D eigenvalue weighted by molar-refractivity contribution is 5.85. The van der Waals surface area contributed by atoms with Crippen molar-refractivity contribution in [1.82, 2.24) is 9.80 Å². The molecule has 116 valence electrons. The van der Waals surface area contributed by atoms with Gasteiger partial charge in [0, 0.05) is 31.7 Å². The van der Waals surface area contributed by atoms with Gasteiger partial charge in [0.05, 0.1) is 6.54 Å². The molecule has 2 heterocycles. The number of likely N-dealkylation sites (tertiary alicyclic amines) is 2. The number of rotatable bonds is 2. The van der Waals surface area contributed by atoms with E-state index in [9.17, 15) is 4.79 Å². The maximum absolute atomic E-state index is 12.6. The Morgan fingerprint density at radius 2 is 1.80 bits per heavy atom. The van der Waals surface area contributed by atoms with Crippen molar-refractivity contribution in [3.63, 3.8) is 0 Å². The van der Waals surface area contributed by atoms with Crippen molar-refractivity contribution in [2.45, 2.75) is 57.0 Å². The molecule has 4 nitrogen and oxygen atoms in total. The SMILES string of the molecule is Cl.N[C@H]1CCN(CC(=O)N2CCCC3CCCCC32)C1. The Morgan fingerprint density at radius 3 is 2.55 bits per heavy atom. The van der Waals surface area contributed by atoms with E-state index in [1.165, 1.54) is 38.5 Å².